The standard InChI is InChI=1S/C13H13F3N4/c14-13(15,16)8-3-6(1-2-9(8)17)7-4-10(18)12(20)11(19)5-7/h1-5H,17-20H2. The van der Waals surface area contributed by atoms with E-state index in [0.717, 1.165) is 6.07 Å². The van der Waals surface area contributed by atoms with Gasteiger partial charge in [0, 0.05) is 5.69 Å². The first-order valence-corrected chi connectivity index (χ1v) is 5.61. The average Bonchev–Trinajstić information content (AvgIpc) is 2.34. The summed E-state index contributed by atoms with van der Waals surface area (Å²) in [4.78, 5) is 0. The summed E-state index contributed by atoms with van der Waals surface area (Å²) in [6.45, 7) is 0. The van der Waals surface area contributed by atoms with Gasteiger partial charge in [0.2, 0.25) is 0 Å². The second kappa shape index (κ2) is 4.52. The summed E-state index contributed by atoms with van der Waals surface area (Å²) >= 11 is 0. The summed E-state index contributed by atoms with van der Waals surface area (Å²) in [5, 5.41) is 0. The lowest BCUT2D eigenvalue weighted by molar-refractivity contribution is -0.136. The summed E-state index contributed by atoms with van der Waals surface area (Å²) in [6.07, 6.45) is -4.52. The zero-order chi connectivity index (χ0) is 15.1. The van der Waals surface area contributed by atoms with Crippen molar-refractivity contribution in [1.29, 1.82) is 0 Å². The lowest BCUT2D eigenvalue weighted by Gasteiger charge is -2.13. The van der Waals surface area contributed by atoms with Gasteiger partial charge in [0.25, 0.3) is 0 Å². The Morgan fingerprint density at radius 2 is 1.25 bits per heavy atom. The summed E-state index contributed by atoms with van der Waals surface area (Å²) in [6, 6.07) is 6.56. The van der Waals surface area contributed by atoms with E-state index in [2.05, 4.69) is 0 Å². The van der Waals surface area contributed by atoms with Crippen LogP contribution in [0.4, 0.5) is 35.9 Å². The highest BCUT2D eigenvalue weighted by Gasteiger charge is 2.33. The summed E-state index contributed by atoms with van der Waals surface area (Å²) < 4.78 is 38.5. The van der Waals surface area contributed by atoms with Gasteiger partial charge in [-0.15, -0.1) is 0 Å². The fourth-order valence-electron chi connectivity index (χ4n) is 1.85. The fraction of sp³-hybridized carbons (Fsp3) is 0.0769. The van der Waals surface area contributed by atoms with Crippen molar-refractivity contribution < 1.29 is 13.2 Å². The largest absolute Gasteiger partial charge is 0.418 e. The molecule has 0 saturated heterocycles. The molecule has 7 heteroatoms. The van der Waals surface area contributed by atoms with Crippen LogP contribution in [-0.2, 0) is 6.18 Å². The minimum atomic E-state index is -4.52. The third-order valence-electron chi connectivity index (χ3n) is 2.94. The maximum atomic E-state index is 12.8. The molecule has 0 bridgehead atoms. The molecule has 0 aromatic heterocycles. The molecule has 0 fully saturated rings. The molecular formula is C13H13F3N4. The molecular weight excluding hydrogens is 269 g/mol. The highest BCUT2D eigenvalue weighted by Crippen LogP contribution is 2.37. The minimum Gasteiger partial charge on any atom is -0.398 e. The topological polar surface area (TPSA) is 104 Å². The van der Waals surface area contributed by atoms with Crippen molar-refractivity contribution in [2.24, 2.45) is 0 Å². The van der Waals surface area contributed by atoms with E-state index in [9.17, 15) is 13.2 Å². The Morgan fingerprint density at radius 3 is 1.75 bits per heavy atom. The monoisotopic (exact) mass is 282 g/mol. The van der Waals surface area contributed by atoms with Gasteiger partial charge in [-0.05, 0) is 35.4 Å². The van der Waals surface area contributed by atoms with Crippen LogP contribution in [0.5, 0.6) is 0 Å². The molecule has 2 aromatic rings. The molecule has 2 rings (SSSR count). The van der Waals surface area contributed by atoms with Gasteiger partial charge in [-0.2, -0.15) is 13.2 Å². The molecule has 0 saturated carbocycles. The van der Waals surface area contributed by atoms with Crippen molar-refractivity contribution in [1.82, 2.24) is 0 Å². The molecule has 8 N–H and O–H groups in total. The number of rotatable bonds is 1. The summed E-state index contributed by atoms with van der Waals surface area (Å²) in [5.74, 6) is 0. The van der Waals surface area contributed by atoms with E-state index < -0.39 is 11.7 Å². The van der Waals surface area contributed by atoms with Crippen LogP contribution >= 0.6 is 0 Å². The minimum absolute atomic E-state index is 0.209. The van der Waals surface area contributed by atoms with Crippen molar-refractivity contribution >= 4 is 22.7 Å². The van der Waals surface area contributed by atoms with Crippen LogP contribution < -0.4 is 22.9 Å². The molecule has 0 aliphatic carbocycles. The van der Waals surface area contributed by atoms with E-state index in [-0.39, 0.29) is 22.7 Å². The van der Waals surface area contributed by atoms with Crippen LogP contribution in [-0.4, -0.2) is 0 Å². The number of hydrogen-bond acceptors (Lipinski definition) is 4. The normalized spacial score (nSPS) is 11.6. The Labute approximate surface area is 113 Å². The number of nitrogen functional groups attached to an aromatic ring is 4. The van der Waals surface area contributed by atoms with Gasteiger partial charge >= 0.3 is 6.18 Å². The maximum Gasteiger partial charge on any atom is 0.418 e. The summed E-state index contributed by atoms with van der Waals surface area (Å²) in [5.41, 5.74) is 22.4. The third-order valence-corrected chi connectivity index (χ3v) is 2.94. The SMILES string of the molecule is Nc1ccc(-c2cc(N)c(N)c(N)c2)cc1C(F)(F)F. The molecule has 0 atom stereocenters. The first-order chi connectivity index (χ1) is 9.20. The van der Waals surface area contributed by atoms with Gasteiger partial charge in [0.05, 0.1) is 22.6 Å². The molecule has 20 heavy (non-hydrogen) atoms. The van der Waals surface area contributed by atoms with E-state index in [0.29, 0.717) is 11.1 Å². The van der Waals surface area contributed by atoms with E-state index in [1.54, 1.807) is 0 Å². The van der Waals surface area contributed by atoms with Gasteiger partial charge in [-0.1, -0.05) is 6.07 Å². The van der Waals surface area contributed by atoms with E-state index in [1.807, 2.05) is 0 Å². The lowest BCUT2D eigenvalue weighted by Crippen LogP contribution is -2.09. The Kier molecular flexibility index (Phi) is 3.13. The Hall–Kier alpha value is -2.57. The van der Waals surface area contributed by atoms with Crippen molar-refractivity contribution in [3.05, 3.63) is 35.9 Å². The van der Waals surface area contributed by atoms with Gasteiger partial charge in [0.15, 0.2) is 0 Å². The number of anilines is 4. The smallest absolute Gasteiger partial charge is 0.398 e. The number of nitrogens with two attached hydrogens (primary N) is 4. The molecule has 0 aliphatic rings. The van der Waals surface area contributed by atoms with E-state index in [4.69, 9.17) is 22.9 Å². The highest BCUT2D eigenvalue weighted by atomic mass is 19.4. The van der Waals surface area contributed by atoms with Gasteiger partial charge in [-0.25, -0.2) is 0 Å². The van der Waals surface area contributed by atoms with Gasteiger partial charge in [0.1, 0.15) is 0 Å². The molecule has 0 unspecified atom stereocenters. The van der Waals surface area contributed by atoms with Gasteiger partial charge < -0.3 is 22.9 Å². The average molecular weight is 282 g/mol. The fourth-order valence-corrected chi connectivity index (χ4v) is 1.85. The number of halogens is 3. The van der Waals surface area contributed by atoms with Crippen LogP contribution in [0.2, 0.25) is 0 Å². The van der Waals surface area contributed by atoms with E-state index in [1.165, 1.54) is 24.3 Å². The Bertz CT molecular complexity index is 642. The molecule has 4 nitrogen and oxygen atoms in total. The van der Waals surface area contributed by atoms with Crippen LogP contribution in [0, 0.1) is 0 Å². The quantitative estimate of drug-likeness (QED) is 0.603. The number of benzene rings is 2. The molecule has 106 valence electrons. The molecule has 0 spiro atoms. The zero-order valence-corrected chi connectivity index (χ0v) is 10.3. The summed E-state index contributed by atoms with van der Waals surface area (Å²) in [7, 11) is 0. The predicted molar refractivity (Wildman–Crippen MR) is 74.5 cm³/mol. The Morgan fingerprint density at radius 1 is 0.700 bits per heavy atom. The first-order valence-electron chi connectivity index (χ1n) is 5.61. The zero-order valence-electron chi connectivity index (χ0n) is 10.3. The van der Waals surface area contributed by atoms with Crippen molar-refractivity contribution in [2.75, 3.05) is 22.9 Å². The second-order valence-electron chi connectivity index (χ2n) is 4.37. The maximum absolute atomic E-state index is 12.8. The highest BCUT2D eigenvalue weighted by molar-refractivity contribution is 5.85. The van der Waals surface area contributed by atoms with Crippen LogP contribution in [0.15, 0.2) is 30.3 Å². The van der Waals surface area contributed by atoms with Gasteiger partial charge in [-0.3, -0.25) is 0 Å². The van der Waals surface area contributed by atoms with Crippen molar-refractivity contribution in [3.63, 3.8) is 0 Å². The predicted octanol–water partition coefficient (Wildman–Crippen LogP) is 2.70. The number of alkyl halides is 3. The third kappa shape index (κ3) is 2.42. The second-order valence-corrected chi connectivity index (χ2v) is 4.37. The first kappa shape index (κ1) is 13.9. The van der Waals surface area contributed by atoms with Crippen molar-refractivity contribution in [3.8, 4) is 11.1 Å². The number of hydrogen-bond donors (Lipinski definition) is 4. The van der Waals surface area contributed by atoms with E-state index >= 15 is 0 Å². The molecule has 0 amide bonds. The molecule has 0 radical (unpaired) electrons. The molecule has 0 heterocycles. The van der Waals surface area contributed by atoms with Crippen LogP contribution in [0.3, 0.4) is 0 Å². The van der Waals surface area contributed by atoms with Crippen molar-refractivity contribution in [2.45, 2.75) is 6.18 Å². The molecule has 0 aliphatic heterocycles. The lowest BCUT2D eigenvalue weighted by atomic mass is 10.00. The molecule has 2 aromatic carbocycles. The Balaban J connectivity index is 2.60. The van der Waals surface area contributed by atoms with Crippen LogP contribution in [0.1, 0.15) is 5.56 Å². The van der Waals surface area contributed by atoms with Crippen LogP contribution in [0.25, 0.3) is 11.1 Å².